The molecule has 15 heavy (non-hydrogen) atoms. The zero-order chi connectivity index (χ0) is 11.3. The Balaban J connectivity index is 2.50. The second-order valence-electron chi connectivity index (χ2n) is 5.62. The standard InChI is InChI=1S/C14H20Si/c1-11-12(2)14(11,15(3,4)5)13-9-7-6-8-10-13/h6-10H,1-5H3. The third-order valence-corrected chi connectivity index (χ3v) is 7.25. The molecule has 0 aliphatic heterocycles. The molecule has 0 saturated heterocycles. The van der Waals surface area contributed by atoms with E-state index in [1.165, 1.54) is 5.56 Å². The smallest absolute Gasteiger partial charge is 0.0659 e. The van der Waals surface area contributed by atoms with Crippen LogP contribution in [-0.2, 0) is 5.04 Å². The SMILES string of the molecule is CC1=C(C)C1(c1ccccc1)[Si](C)(C)C. The lowest BCUT2D eigenvalue weighted by Crippen LogP contribution is -2.41. The zero-order valence-electron chi connectivity index (χ0n) is 10.4. The van der Waals surface area contributed by atoms with Gasteiger partial charge in [-0.15, -0.1) is 0 Å². The molecule has 1 aromatic carbocycles. The molecule has 2 rings (SSSR count). The van der Waals surface area contributed by atoms with E-state index in [9.17, 15) is 0 Å². The van der Waals surface area contributed by atoms with Crippen molar-refractivity contribution in [1.82, 2.24) is 0 Å². The van der Waals surface area contributed by atoms with E-state index < -0.39 is 8.07 Å². The van der Waals surface area contributed by atoms with E-state index in [0.29, 0.717) is 5.04 Å². The molecule has 0 saturated carbocycles. The van der Waals surface area contributed by atoms with Crippen LogP contribution in [0.5, 0.6) is 0 Å². The summed E-state index contributed by atoms with van der Waals surface area (Å²) in [4.78, 5) is 0. The van der Waals surface area contributed by atoms with Gasteiger partial charge in [-0.3, -0.25) is 0 Å². The van der Waals surface area contributed by atoms with Gasteiger partial charge in [-0.25, -0.2) is 0 Å². The van der Waals surface area contributed by atoms with Gasteiger partial charge in [0.15, 0.2) is 0 Å². The summed E-state index contributed by atoms with van der Waals surface area (Å²) in [5, 5.41) is 0.369. The zero-order valence-corrected chi connectivity index (χ0v) is 11.4. The van der Waals surface area contributed by atoms with Gasteiger partial charge in [-0.1, -0.05) is 61.1 Å². The molecule has 0 heterocycles. The minimum Gasteiger partial charge on any atom is -0.0683 e. The summed E-state index contributed by atoms with van der Waals surface area (Å²) in [6, 6.07) is 11.0. The summed E-state index contributed by atoms with van der Waals surface area (Å²) in [5.74, 6) is 0. The highest BCUT2D eigenvalue weighted by atomic mass is 28.3. The monoisotopic (exact) mass is 216 g/mol. The lowest BCUT2D eigenvalue weighted by Gasteiger charge is -2.33. The van der Waals surface area contributed by atoms with Gasteiger partial charge in [-0.05, 0) is 19.4 Å². The van der Waals surface area contributed by atoms with E-state index in [1.807, 2.05) is 0 Å². The van der Waals surface area contributed by atoms with Crippen molar-refractivity contribution in [2.75, 3.05) is 0 Å². The van der Waals surface area contributed by atoms with Gasteiger partial charge < -0.3 is 0 Å². The summed E-state index contributed by atoms with van der Waals surface area (Å²) in [6.45, 7) is 12.0. The van der Waals surface area contributed by atoms with Crippen LogP contribution in [0.3, 0.4) is 0 Å². The topological polar surface area (TPSA) is 0 Å². The Morgan fingerprint density at radius 2 is 1.33 bits per heavy atom. The largest absolute Gasteiger partial charge is 0.0683 e. The summed E-state index contributed by atoms with van der Waals surface area (Å²) in [6.07, 6.45) is 0. The van der Waals surface area contributed by atoms with Gasteiger partial charge in [0.2, 0.25) is 0 Å². The van der Waals surface area contributed by atoms with Gasteiger partial charge in [0.1, 0.15) is 0 Å². The van der Waals surface area contributed by atoms with Crippen molar-refractivity contribution in [2.24, 2.45) is 0 Å². The van der Waals surface area contributed by atoms with Gasteiger partial charge in [0, 0.05) is 5.04 Å². The number of allylic oxidation sites excluding steroid dienone is 2. The molecule has 0 unspecified atom stereocenters. The van der Waals surface area contributed by atoms with Crippen LogP contribution in [0.4, 0.5) is 0 Å². The molecule has 0 bridgehead atoms. The predicted octanol–water partition coefficient (Wildman–Crippen LogP) is 4.15. The molecule has 0 radical (unpaired) electrons. The van der Waals surface area contributed by atoms with E-state index in [2.05, 4.69) is 63.8 Å². The average Bonchev–Trinajstić information content (AvgIpc) is 2.71. The fraction of sp³-hybridized carbons (Fsp3) is 0.429. The third-order valence-electron chi connectivity index (χ3n) is 3.96. The minimum absolute atomic E-state index is 0.369. The first kappa shape index (κ1) is 10.7. The Morgan fingerprint density at radius 3 is 1.67 bits per heavy atom. The van der Waals surface area contributed by atoms with Gasteiger partial charge >= 0.3 is 0 Å². The first-order valence-electron chi connectivity index (χ1n) is 5.66. The van der Waals surface area contributed by atoms with Crippen molar-refractivity contribution < 1.29 is 0 Å². The molecule has 1 aliphatic carbocycles. The van der Waals surface area contributed by atoms with Crippen LogP contribution in [0.25, 0.3) is 0 Å². The molecule has 80 valence electrons. The molecule has 0 fully saturated rings. The van der Waals surface area contributed by atoms with E-state index in [4.69, 9.17) is 0 Å². The van der Waals surface area contributed by atoms with Gasteiger partial charge in [0.05, 0.1) is 8.07 Å². The molecular weight excluding hydrogens is 196 g/mol. The van der Waals surface area contributed by atoms with E-state index in [-0.39, 0.29) is 0 Å². The Kier molecular flexibility index (Phi) is 2.20. The van der Waals surface area contributed by atoms with Crippen LogP contribution in [-0.4, -0.2) is 8.07 Å². The summed E-state index contributed by atoms with van der Waals surface area (Å²) >= 11 is 0. The van der Waals surface area contributed by atoms with Gasteiger partial charge in [0.25, 0.3) is 0 Å². The summed E-state index contributed by atoms with van der Waals surface area (Å²) in [5.41, 5.74) is 4.75. The minimum atomic E-state index is -1.21. The summed E-state index contributed by atoms with van der Waals surface area (Å²) < 4.78 is 0. The predicted molar refractivity (Wildman–Crippen MR) is 69.8 cm³/mol. The van der Waals surface area contributed by atoms with Crippen molar-refractivity contribution in [3.05, 3.63) is 47.0 Å². The maximum absolute atomic E-state index is 2.47. The van der Waals surface area contributed by atoms with Crippen LogP contribution in [0.15, 0.2) is 41.5 Å². The molecule has 0 nitrogen and oxygen atoms in total. The Labute approximate surface area is 94.0 Å². The highest BCUT2D eigenvalue weighted by Gasteiger charge is 2.57. The Hall–Kier alpha value is -0.823. The highest BCUT2D eigenvalue weighted by Crippen LogP contribution is 2.59. The maximum atomic E-state index is 2.47. The van der Waals surface area contributed by atoms with Crippen molar-refractivity contribution in [1.29, 1.82) is 0 Å². The molecule has 1 aromatic rings. The number of hydrogen-bond donors (Lipinski definition) is 0. The van der Waals surface area contributed by atoms with Gasteiger partial charge in [-0.2, -0.15) is 0 Å². The molecule has 0 amide bonds. The molecule has 1 aliphatic rings. The first-order chi connectivity index (χ1) is 6.92. The van der Waals surface area contributed by atoms with E-state index in [1.54, 1.807) is 11.1 Å². The Morgan fingerprint density at radius 1 is 0.867 bits per heavy atom. The van der Waals surface area contributed by atoms with E-state index >= 15 is 0 Å². The molecule has 0 spiro atoms. The molecule has 0 N–H and O–H groups in total. The third kappa shape index (κ3) is 1.26. The van der Waals surface area contributed by atoms with Crippen molar-refractivity contribution >= 4 is 8.07 Å². The maximum Gasteiger partial charge on any atom is 0.0659 e. The molecule has 0 aromatic heterocycles. The molecule has 0 atom stereocenters. The van der Waals surface area contributed by atoms with E-state index in [0.717, 1.165) is 0 Å². The average molecular weight is 216 g/mol. The first-order valence-corrected chi connectivity index (χ1v) is 9.16. The fourth-order valence-corrected chi connectivity index (χ4v) is 6.84. The fourth-order valence-electron chi connectivity index (χ4n) is 3.24. The molecule has 1 heteroatoms. The van der Waals surface area contributed by atoms with Crippen molar-refractivity contribution in [2.45, 2.75) is 38.5 Å². The second-order valence-corrected chi connectivity index (χ2v) is 10.9. The lowest BCUT2D eigenvalue weighted by atomic mass is 10.1. The quantitative estimate of drug-likeness (QED) is 0.514. The second kappa shape index (κ2) is 3.08. The summed E-state index contributed by atoms with van der Waals surface area (Å²) in [7, 11) is -1.21. The van der Waals surface area contributed by atoms with Crippen LogP contribution in [0.2, 0.25) is 19.6 Å². The number of rotatable bonds is 2. The van der Waals surface area contributed by atoms with Crippen LogP contribution >= 0.6 is 0 Å². The Bertz CT molecular complexity index is 395. The normalized spacial score (nSPS) is 19.3. The van der Waals surface area contributed by atoms with Crippen molar-refractivity contribution in [3.8, 4) is 0 Å². The van der Waals surface area contributed by atoms with Crippen molar-refractivity contribution in [3.63, 3.8) is 0 Å². The van der Waals surface area contributed by atoms with Crippen LogP contribution in [0, 0.1) is 0 Å². The van der Waals surface area contributed by atoms with Crippen LogP contribution in [0.1, 0.15) is 19.4 Å². The number of benzene rings is 1. The van der Waals surface area contributed by atoms with Crippen LogP contribution < -0.4 is 0 Å². The molecular formula is C14H20Si. The lowest BCUT2D eigenvalue weighted by molar-refractivity contribution is 0.959. The highest BCUT2D eigenvalue weighted by molar-refractivity contribution is 6.81. The number of hydrogen-bond acceptors (Lipinski definition) is 0.